The molecule has 0 heteroatoms. The van der Waals surface area contributed by atoms with Crippen LogP contribution in [0.2, 0.25) is 0 Å². The summed E-state index contributed by atoms with van der Waals surface area (Å²) in [6.45, 7) is 0. The van der Waals surface area contributed by atoms with Crippen LogP contribution in [0.5, 0.6) is 0 Å². The topological polar surface area (TPSA) is 0 Å². The molecule has 0 aliphatic heterocycles. The van der Waals surface area contributed by atoms with Gasteiger partial charge >= 0.3 is 0 Å². The summed E-state index contributed by atoms with van der Waals surface area (Å²) in [5, 5.41) is 2.85. The number of hydrogen-bond acceptors (Lipinski definition) is 0. The Labute approximate surface area is 131 Å². The molecular formula is C22H18. The summed E-state index contributed by atoms with van der Waals surface area (Å²) in [5.41, 5.74) is 9.15. The van der Waals surface area contributed by atoms with Gasteiger partial charge in [-0.25, -0.2) is 0 Å². The Kier molecular flexibility index (Phi) is 2.54. The molecule has 22 heavy (non-hydrogen) atoms. The fourth-order valence-electron chi connectivity index (χ4n) is 4.30. The zero-order valence-electron chi connectivity index (χ0n) is 12.6. The van der Waals surface area contributed by atoms with E-state index in [1.807, 2.05) is 0 Å². The number of rotatable bonds is 0. The van der Waals surface area contributed by atoms with E-state index in [4.69, 9.17) is 0 Å². The van der Waals surface area contributed by atoms with Crippen molar-refractivity contribution in [2.24, 2.45) is 0 Å². The van der Waals surface area contributed by atoms with Crippen LogP contribution in [0.15, 0.2) is 54.6 Å². The fraction of sp³-hybridized carbons (Fsp3) is 0.182. The van der Waals surface area contributed by atoms with Crippen molar-refractivity contribution < 1.29 is 0 Å². The predicted octanol–water partition coefficient (Wildman–Crippen LogP) is 5.56. The summed E-state index contributed by atoms with van der Waals surface area (Å²) in [4.78, 5) is 0. The molecule has 0 saturated carbocycles. The molecular weight excluding hydrogens is 264 g/mol. The molecule has 3 aromatic carbocycles. The lowest BCUT2D eigenvalue weighted by molar-refractivity contribution is 0.892. The van der Waals surface area contributed by atoms with Crippen molar-refractivity contribution in [1.82, 2.24) is 0 Å². The Hall–Kier alpha value is -2.34. The van der Waals surface area contributed by atoms with E-state index in [2.05, 4.69) is 60.7 Å². The summed E-state index contributed by atoms with van der Waals surface area (Å²) in [6, 6.07) is 17.9. The minimum Gasteiger partial charge on any atom is -0.0836 e. The van der Waals surface area contributed by atoms with E-state index in [1.54, 1.807) is 11.1 Å². The van der Waals surface area contributed by atoms with Crippen LogP contribution in [0.4, 0.5) is 0 Å². The highest BCUT2D eigenvalue weighted by Gasteiger charge is 2.24. The first-order chi connectivity index (χ1) is 10.9. The Morgan fingerprint density at radius 2 is 1.50 bits per heavy atom. The molecule has 0 heterocycles. The van der Waals surface area contributed by atoms with Crippen molar-refractivity contribution >= 4 is 16.8 Å². The molecule has 3 aromatic rings. The van der Waals surface area contributed by atoms with Gasteiger partial charge in [-0.05, 0) is 69.8 Å². The zero-order chi connectivity index (χ0) is 14.5. The highest BCUT2D eigenvalue weighted by molar-refractivity contribution is 6.05. The molecule has 0 bridgehead atoms. The first kappa shape index (κ1) is 12.2. The molecule has 2 aliphatic rings. The lowest BCUT2D eigenvalue weighted by Crippen LogP contribution is -2.10. The lowest BCUT2D eigenvalue weighted by atomic mass is 9.76. The van der Waals surface area contributed by atoms with Crippen LogP contribution in [0, 0.1) is 0 Å². The highest BCUT2D eigenvalue weighted by atomic mass is 14.3. The van der Waals surface area contributed by atoms with Gasteiger partial charge in [0.25, 0.3) is 0 Å². The molecule has 0 unspecified atom stereocenters. The number of allylic oxidation sites excluding steroid dienone is 1. The van der Waals surface area contributed by atoms with E-state index in [1.165, 1.54) is 58.7 Å². The third-order valence-corrected chi connectivity index (χ3v) is 5.25. The Balaban J connectivity index is 1.99. The molecule has 0 N–H and O–H groups in total. The Morgan fingerprint density at radius 1 is 0.682 bits per heavy atom. The Bertz CT molecular complexity index is 928. The van der Waals surface area contributed by atoms with E-state index < -0.39 is 0 Å². The van der Waals surface area contributed by atoms with Gasteiger partial charge in [0.2, 0.25) is 0 Å². The lowest BCUT2D eigenvalue weighted by Gasteiger charge is -2.27. The third-order valence-electron chi connectivity index (χ3n) is 5.25. The second kappa shape index (κ2) is 4.58. The molecule has 0 amide bonds. The minimum atomic E-state index is 1.18. The van der Waals surface area contributed by atoms with E-state index >= 15 is 0 Å². The van der Waals surface area contributed by atoms with Crippen molar-refractivity contribution in [3.63, 3.8) is 0 Å². The van der Waals surface area contributed by atoms with Gasteiger partial charge in [-0.2, -0.15) is 0 Å². The van der Waals surface area contributed by atoms with Gasteiger partial charge in [0, 0.05) is 0 Å². The van der Waals surface area contributed by atoms with Gasteiger partial charge in [0.15, 0.2) is 0 Å². The average molecular weight is 282 g/mol. The van der Waals surface area contributed by atoms with Crippen LogP contribution in [0.1, 0.15) is 28.7 Å². The molecule has 5 rings (SSSR count). The second-order valence-corrected chi connectivity index (χ2v) is 6.39. The standard InChI is InChI=1S/C22H18/c1-2-8-16-15(7-1)13-14-21-19-11-4-3-9-17(19)18-10-5-6-12-20(18)22(16)21/h1-3,5-10,12H,4,11,13-14H2. The summed E-state index contributed by atoms with van der Waals surface area (Å²) in [5.74, 6) is 0. The molecule has 0 fully saturated rings. The average Bonchev–Trinajstić information content (AvgIpc) is 2.61. The van der Waals surface area contributed by atoms with Gasteiger partial charge in [-0.3, -0.25) is 0 Å². The van der Waals surface area contributed by atoms with Crippen molar-refractivity contribution in [3.05, 3.63) is 76.9 Å². The molecule has 0 saturated heterocycles. The maximum atomic E-state index is 2.35. The van der Waals surface area contributed by atoms with Gasteiger partial charge in [0.05, 0.1) is 0 Å². The maximum absolute atomic E-state index is 2.35. The normalized spacial score (nSPS) is 15.3. The number of benzene rings is 3. The van der Waals surface area contributed by atoms with E-state index in [-0.39, 0.29) is 0 Å². The first-order valence-corrected chi connectivity index (χ1v) is 8.25. The van der Waals surface area contributed by atoms with Crippen LogP contribution in [0.3, 0.4) is 0 Å². The van der Waals surface area contributed by atoms with Crippen LogP contribution in [-0.4, -0.2) is 0 Å². The van der Waals surface area contributed by atoms with Crippen molar-refractivity contribution in [2.75, 3.05) is 0 Å². The second-order valence-electron chi connectivity index (χ2n) is 6.39. The molecule has 0 spiro atoms. The predicted molar refractivity (Wildman–Crippen MR) is 94.1 cm³/mol. The Morgan fingerprint density at radius 3 is 2.45 bits per heavy atom. The summed E-state index contributed by atoms with van der Waals surface area (Å²) in [7, 11) is 0. The van der Waals surface area contributed by atoms with Crippen LogP contribution < -0.4 is 0 Å². The van der Waals surface area contributed by atoms with Gasteiger partial charge in [-0.1, -0.05) is 60.7 Å². The summed E-state index contributed by atoms with van der Waals surface area (Å²) >= 11 is 0. The van der Waals surface area contributed by atoms with Gasteiger partial charge in [-0.15, -0.1) is 0 Å². The molecule has 106 valence electrons. The SMILES string of the molecule is C1=Cc2c(c3c(c4ccccc24)-c2ccccc2CC3)CC1. The van der Waals surface area contributed by atoms with Crippen LogP contribution >= 0.6 is 0 Å². The highest BCUT2D eigenvalue weighted by Crippen LogP contribution is 2.44. The van der Waals surface area contributed by atoms with Crippen molar-refractivity contribution in [2.45, 2.75) is 25.7 Å². The molecule has 0 atom stereocenters. The largest absolute Gasteiger partial charge is 0.0836 e. The molecule has 0 nitrogen and oxygen atoms in total. The summed E-state index contributed by atoms with van der Waals surface area (Å²) < 4.78 is 0. The van der Waals surface area contributed by atoms with E-state index in [9.17, 15) is 0 Å². The summed E-state index contributed by atoms with van der Waals surface area (Å²) in [6.07, 6.45) is 9.42. The monoisotopic (exact) mass is 282 g/mol. The zero-order valence-corrected chi connectivity index (χ0v) is 12.6. The maximum Gasteiger partial charge on any atom is -0.00672 e. The number of aryl methyl sites for hydroxylation is 1. The molecule has 0 aromatic heterocycles. The number of fused-ring (bicyclic) bond motifs is 8. The third kappa shape index (κ3) is 1.58. The van der Waals surface area contributed by atoms with Crippen LogP contribution in [0.25, 0.3) is 28.0 Å². The first-order valence-electron chi connectivity index (χ1n) is 8.25. The minimum absolute atomic E-state index is 1.18. The van der Waals surface area contributed by atoms with E-state index in [0.29, 0.717) is 0 Å². The van der Waals surface area contributed by atoms with Crippen molar-refractivity contribution in [1.29, 1.82) is 0 Å². The molecule has 0 radical (unpaired) electrons. The van der Waals surface area contributed by atoms with Crippen molar-refractivity contribution in [3.8, 4) is 11.1 Å². The molecule has 2 aliphatic carbocycles. The van der Waals surface area contributed by atoms with Gasteiger partial charge < -0.3 is 0 Å². The van der Waals surface area contributed by atoms with Crippen LogP contribution in [-0.2, 0) is 19.3 Å². The smallest absolute Gasteiger partial charge is 0.00672 e. The quantitative estimate of drug-likeness (QED) is 0.506. The fourth-order valence-corrected chi connectivity index (χ4v) is 4.30. The van der Waals surface area contributed by atoms with E-state index in [0.717, 1.165) is 0 Å². The number of hydrogen-bond donors (Lipinski definition) is 0. The van der Waals surface area contributed by atoms with Gasteiger partial charge in [0.1, 0.15) is 0 Å².